The normalized spacial score (nSPS) is 9.72. The van der Waals surface area contributed by atoms with Gasteiger partial charge < -0.3 is 15.2 Å². The number of benzene rings is 1. The molecule has 0 atom stereocenters. The molecule has 0 spiro atoms. The van der Waals surface area contributed by atoms with Gasteiger partial charge in [-0.1, -0.05) is 6.07 Å². The molecule has 1 aromatic carbocycles. The number of imide groups is 1. The van der Waals surface area contributed by atoms with E-state index in [4.69, 9.17) is 15.2 Å². The van der Waals surface area contributed by atoms with E-state index < -0.39 is 6.03 Å². The molecule has 98 valence electrons. The molecule has 6 nitrogen and oxygen atoms in total. The number of rotatable bonds is 4. The molecule has 0 aromatic heterocycles. The van der Waals surface area contributed by atoms with Gasteiger partial charge in [0.2, 0.25) is 5.91 Å². The summed E-state index contributed by atoms with van der Waals surface area (Å²) >= 11 is 0. The van der Waals surface area contributed by atoms with Crippen LogP contribution in [0.4, 0.5) is 4.79 Å². The third-order valence-corrected chi connectivity index (χ3v) is 2.51. The van der Waals surface area contributed by atoms with Gasteiger partial charge in [0, 0.05) is 7.05 Å². The van der Waals surface area contributed by atoms with Crippen LogP contribution in [0, 0.1) is 0 Å². The first-order chi connectivity index (χ1) is 8.49. The van der Waals surface area contributed by atoms with Crippen molar-refractivity contribution in [1.29, 1.82) is 0 Å². The molecule has 2 N–H and O–H groups in total. The number of amides is 3. The van der Waals surface area contributed by atoms with E-state index in [9.17, 15) is 9.59 Å². The fourth-order valence-corrected chi connectivity index (χ4v) is 1.41. The number of carbonyl (C=O) groups is 2. The highest BCUT2D eigenvalue weighted by atomic mass is 16.5. The molecule has 0 aliphatic rings. The van der Waals surface area contributed by atoms with Gasteiger partial charge in [-0.3, -0.25) is 9.69 Å². The summed E-state index contributed by atoms with van der Waals surface area (Å²) in [4.78, 5) is 23.4. The van der Waals surface area contributed by atoms with Crippen molar-refractivity contribution in [3.8, 4) is 11.5 Å². The standard InChI is InChI=1S/C12H16N2O4/c1-14(12(13)16)11(15)7-8-4-5-9(17-2)10(6-8)18-3/h4-6H,7H2,1-3H3,(H2,13,16). The molecule has 3 amide bonds. The van der Waals surface area contributed by atoms with Crippen LogP contribution >= 0.6 is 0 Å². The van der Waals surface area contributed by atoms with Gasteiger partial charge in [0.1, 0.15) is 0 Å². The lowest BCUT2D eigenvalue weighted by Gasteiger charge is -2.13. The average Bonchev–Trinajstić information content (AvgIpc) is 2.37. The molecule has 0 saturated heterocycles. The van der Waals surface area contributed by atoms with E-state index in [2.05, 4.69) is 0 Å². The van der Waals surface area contributed by atoms with E-state index >= 15 is 0 Å². The van der Waals surface area contributed by atoms with Gasteiger partial charge in [0.25, 0.3) is 0 Å². The Bertz CT molecular complexity index is 459. The predicted molar refractivity (Wildman–Crippen MR) is 65.6 cm³/mol. The van der Waals surface area contributed by atoms with Crippen LogP contribution in [0.25, 0.3) is 0 Å². The fraction of sp³-hybridized carbons (Fsp3) is 0.333. The molecule has 0 unspecified atom stereocenters. The quantitative estimate of drug-likeness (QED) is 0.858. The van der Waals surface area contributed by atoms with Crippen molar-refractivity contribution in [3.05, 3.63) is 23.8 Å². The van der Waals surface area contributed by atoms with E-state index in [0.717, 1.165) is 4.90 Å². The lowest BCUT2D eigenvalue weighted by molar-refractivity contribution is -0.126. The van der Waals surface area contributed by atoms with Crippen molar-refractivity contribution in [2.75, 3.05) is 21.3 Å². The number of ether oxygens (including phenoxy) is 2. The molecule has 0 saturated carbocycles. The summed E-state index contributed by atoms with van der Waals surface area (Å²) in [7, 11) is 4.38. The van der Waals surface area contributed by atoms with Crippen molar-refractivity contribution < 1.29 is 19.1 Å². The van der Waals surface area contributed by atoms with Crippen molar-refractivity contribution in [2.24, 2.45) is 5.73 Å². The van der Waals surface area contributed by atoms with Gasteiger partial charge in [-0.2, -0.15) is 0 Å². The molecule has 0 heterocycles. The number of nitrogens with two attached hydrogens (primary N) is 1. The number of likely N-dealkylation sites (N-methyl/N-ethyl adjacent to an activating group) is 1. The van der Waals surface area contributed by atoms with Crippen LogP contribution < -0.4 is 15.2 Å². The minimum Gasteiger partial charge on any atom is -0.493 e. The van der Waals surface area contributed by atoms with Gasteiger partial charge in [0.05, 0.1) is 20.6 Å². The van der Waals surface area contributed by atoms with Crippen LogP contribution in [0.15, 0.2) is 18.2 Å². The first kappa shape index (κ1) is 13.8. The van der Waals surface area contributed by atoms with Crippen LogP contribution in [-0.4, -0.2) is 38.1 Å². The van der Waals surface area contributed by atoms with Crippen molar-refractivity contribution in [3.63, 3.8) is 0 Å². The summed E-state index contributed by atoms with van der Waals surface area (Å²) in [6.07, 6.45) is 0.0692. The third kappa shape index (κ3) is 3.13. The molecule has 0 bridgehead atoms. The summed E-state index contributed by atoms with van der Waals surface area (Å²) in [5.74, 6) is 0.733. The van der Waals surface area contributed by atoms with Gasteiger partial charge in [-0.15, -0.1) is 0 Å². The predicted octanol–water partition coefficient (Wildman–Crippen LogP) is 0.783. The second-order valence-corrected chi connectivity index (χ2v) is 3.66. The Kier molecular flexibility index (Phi) is 4.53. The number of carbonyl (C=O) groups excluding carboxylic acids is 2. The van der Waals surface area contributed by atoms with Crippen molar-refractivity contribution >= 4 is 11.9 Å². The summed E-state index contributed by atoms with van der Waals surface area (Å²) in [6, 6.07) is 4.34. The largest absolute Gasteiger partial charge is 0.493 e. The van der Waals surface area contributed by atoms with Crippen molar-refractivity contribution in [2.45, 2.75) is 6.42 Å². The highest BCUT2D eigenvalue weighted by Crippen LogP contribution is 2.27. The summed E-state index contributed by atoms with van der Waals surface area (Å²) in [5.41, 5.74) is 5.73. The summed E-state index contributed by atoms with van der Waals surface area (Å²) in [5, 5.41) is 0. The van der Waals surface area contributed by atoms with Crippen LogP contribution in [0.5, 0.6) is 11.5 Å². The van der Waals surface area contributed by atoms with Gasteiger partial charge in [-0.25, -0.2) is 4.79 Å². The molecule has 0 fully saturated rings. The lowest BCUT2D eigenvalue weighted by Crippen LogP contribution is -2.38. The van der Waals surface area contributed by atoms with E-state index in [1.165, 1.54) is 21.3 Å². The number of nitrogens with zero attached hydrogens (tertiary/aromatic N) is 1. The number of urea groups is 1. The lowest BCUT2D eigenvalue weighted by atomic mass is 10.1. The summed E-state index contributed by atoms with van der Waals surface area (Å²) in [6.45, 7) is 0. The van der Waals surface area contributed by atoms with Crippen LogP contribution in [-0.2, 0) is 11.2 Å². The molecule has 1 rings (SSSR count). The maximum absolute atomic E-state index is 11.7. The molecule has 0 aliphatic carbocycles. The minimum absolute atomic E-state index is 0.0692. The van der Waals surface area contributed by atoms with E-state index in [0.29, 0.717) is 17.1 Å². The second kappa shape index (κ2) is 5.90. The molecule has 6 heteroatoms. The number of hydrogen-bond acceptors (Lipinski definition) is 4. The zero-order valence-electron chi connectivity index (χ0n) is 10.6. The number of methoxy groups -OCH3 is 2. The van der Waals surface area contributed by atoms with Crippen molar-refractivity contribution in [1.82, 2.24) is 4.90 Å². The monoisotopic (exact) mass is 252 g/mol. The Labute approximate surface area is 105 Å². The molecule has 0 aliphatic heterocycles. The SMILES string of the molecule is COc1ccc(CC(=O)N(C)C(N)=O)cc1OC. The van der Waals surface area contributed by atoms with Gasteiger partial charge in [0.15, 0.2) is 11.5 Å². The fourth-order valence-electron chi connectivity index (χ4n) is 1.41. The second-order valence-electron chi connectivity index (χ2n) is 3.66. The third-order valence-electron chi connectivity index (χ3n) is 2.51. The van der Waals surface area contributed by atoms with Gasteiger partial charge in [-0.05, 0) is 17.7 Å². The van der Waals surface area contributed by atoms with E-state index in [1.54, 1.807) is 18.2 Å². The zero-order chi connectivity index (χ0) is 13.7. The molecular formula is C12H16N2O4. The first-order valence-corrected chi connectivity index (χ1v) is 5.26. The highest BCUT2D eigenvalue weighted by molar-refractivity contribution is 5.94. The maximum Gasteiger partial charge on any atom is 0.321 e. The smallest absolute Gasteiger partial charge is 0.321 e. The Hall–Kier alpha value is -2.24. The molecule has 18 heavy (non-hydrogen) atoms. The zero-order valence-corrected chi connectivity index (χ0v) is 10.6. The first-order valence-electron chi connectivity index (χ1n) is 5.26. The van der Waals surface area contributed by atoms with Crippen LogP contribution in [0.2, 0.25) is 0 Å². The van der Waals surface area contributed by atoms with Crippen LogP contribution in [0.1, 0.15) is 5.56 Å². The Balaban J connectivity index is 2.86. The van der Waals surface area contributed by atoms with Crippen LogP contribution in [0.3, 0.4) is 0 Å². The topological polar surface area (TPSA) is 81.9 Å². The minimum atomic E-state index is -0.777. The Morgan fingerprint density at radius 1 is 1.22 bits per heavy atom. The molecule has 0 radical (unpaired) electrons. The highest BCUT2D eigenvalue weighted by Gasteiger charge is 2.15. The molecular weight excluding hydrogens is 236 g/mol. The number of hydrogen-bond donors (Lipinski definition) is 1. The Morgan fingerprint density at radius 2 is 1.83 bits per heavy atom. The average molecular weight is 252 g/mol. The van der Waals surface area contributed by atoms with E-state index in [1.807, 2.05) is 0 Å². The summed E-state index contributed by atoms with van der Waals surface area (Å²) < 4.78 is 10.2. The van der Waals surface area contributed by atoms with Gasteiger partial charge >= 0.3 is 6.03 Å². The van der Waals surface area contributed by atoms with E-state index in [-0.39, 0.29) is 12.3 Å². The maximum atomic E-state index is 11.7. The Morgan fingerprint density at radius 3 is 2.33 bits per heavy atom. The molecule has 1 aromatic rings. The number of primary amides is 1.